The lowest BCUT2D eigenvalue weighted by Crippen LogP contribution is -2.50. The summed E-state index contributed by atoms with van der Waals surface area (Å²) in [6.07, 6.45) is 0. The lowest BCUT2D eigenvalue weighted by molar-refractivity contribution is 0.0578. The summed E-state index contributed by atoms with van der Waals surface area (Å²) in [5.74, 6) is -0.369. The van der Waals surface area contributed by atoms with E-state index in [4.69, 9.17) is 0 Å². The van der Waals surface area contributed by atoms with Crippen molar-refractivity contribution >= 4 is 17.7 Å². The molecule has 0 aliphatic carbocycles. The molecule has 1 saturated heterocycles. The van der Waals surface area contributed by atoms with Gasteiger partial charge in [0.15, 0.2) is 0 Å². The Labute approximate surface area is 164 Å². The second kappa shape index (κ2) is 7.56. The maximum Gasteiger partial charge on any atom is 0.261 e. The van der Waals surface area contributed by atoms with Crippen LogP contribution in [0.4, 0.5) is 0 Å². The van der Waals surface area contributed by atoms with E-state index in [0.29, 0.717) is 37.3 Å². The number of hydrogen-bond acceptors (Lipinski definition) is 4. The van der Waals surface area contributed by atoms with Crippen LogP contribution in [0, 0.1) is 6.92 Å². The highest BCUT2D eigenvalue weighted by molar-refractivity contribution is 6.21. The van der Waals surface area contributed by atoms with Crippen LogP contribution >= 0.6 is 0 Å². The fourth-order valence-corrected chi connectivity index (χ4v) is 3.82. The zero-order valence-corrected chi connectivity index (χ0v) is 15.9. The van der Waals surface area contributed by atoms with Gasteiger partial charge in [-0.2, -0.15) is 0 Å². The molecule has 0 unspecified atom stereocenters. The minimum absolute atomic E-state index is 0.0590. The van der Waals surface area contributed by atoms with Crippen molar-refractivity contribution in [1.82, 2.24) is 14.7 Å². The van der Waals surface area contributed by atoms with Crippen molar-refractivity contribution < 1.29 is 14.4 Å². The average molecular weight is 377 g/mol. The quantitative estimate of drug-likeness (QED) is 0.765. The smallest absolute Gasteiger partial charge is 0.261 e. The first-order valence-electron chi connectivity index (χ1n) is 9.58. The molecule has 0 bridgehead atoms. The molecule has 0 aromatic heterocycles. The van der Waals surface area contributed by atoms with Crippen LogP contribution in [0.5, 0.6) is 0 Å². The van der Waals surface area contributed by atoms with E-state index in [0.717, 1.165) is 24.2 Å². The SMILES string of the molecule is Cc1cccc(C(=O)N2CCN(CCN3C(=O)c4ccccc4C3=O)CC2)c1. The molecule has 1 fully saturated rings. The minimum Gasteiger partial charge on any atom is -0.336 e. The predicted octanol–water partition coefficient (Wildman–Crippen LogP) is 2.05. The molecule has 3 amide bonds. The first-order valence-corrected chi connectivity index (χ1v) is 9.58. The zero-order chi connectivity index (χ0) is 19.7. The summed E-state index contributed by atoms with van der Waals surface area (Å²) in [4.78, 5) is 42.9. The number of hydrogen-bond donors (Lipinski definition) is 0. The molecule has 0 N–H and O–H groups in total. The molecular weight excluding hydrogens is 354 g/mol. The van der Waals surface area contributed by atoms with Gasteiger partial charge < -0.3 is 4.90 Å². The number of amides is 3. The van der Waals surface area contributed by atoms with Crippen LogP contribution in [0.15, 0.2) is 48.5 Å². The Balaban J connectivity index is 1.30. The van der Waals surface area contributed by atoms with Gasteiger partial charge in [-0.05, 0) is 31.2 Å². The van der Waals surface area contributed by atoms with Gasteiger partial charge in [-0.3, -0.25) is 24.2 Å². The zero-order valence-electron chi connectivity index (χ0n) is 15.9. The first kappa shape index (κ1) is 18.4. The number of rotatable bonds is 4. The maximum atomic E-state index is 12.6. The second-order valence-electron chi connectivity index (χ2n) is 7.31. The van der Waals surface area contributed by atoms with E-state index in [2.05, 4.69) is 4.90 Å². The third kappa shape index (κ3) is 3.43. The Morgan fingerprint density at radius 1 is 0.857 bits per heavy atom. The maximum absolute atomic E-state index is 12.6. The van der Waals surface area contributed by atoms with E-state index in [9.17, 15) is 14.4 Å². The van der Waals surface area contributed by atoms with Gasteiger partial charge in [0.1, 0.15) is 0 Å². The normalized spacial score (nSPS) is 17.2. The van der Waals surface area contributed by atoms with E-state index in [1.807, 2.05) is 36.1 Å². The van der Waals surface area contributed by atoms with E-state index < -0.39 is 0 Å². The Morgan fingerprint density at radius 2 is 1.50 bits per heavy atom. The highest BCUT2D eigenvalue weighted by Gasteiger charge is 2.35. The van der Waals surface area contributed by atoms with Crippen LogP contribution in [0.25, 0.3) is 0 Å². The molecule has 2 aromatic rings. The largest absolute Gasteiger partial charge is 0.336 e. The van der Waals surface area contributed by atoms with Crippen LogP contribution in [-0.4, -0.2) is 71.7 Å². The Hall–Kier alpha value is -2.99. The molecule has 28 heavy (non-hydrogen) atoms. The van der Waals surface area contributed by atoms with Crippen molar-refractivity contribution in [3.8, 4) is 0 Å². The second-order valence-corrected chi connectivity index (χ2v) is 7.31. The van der Waals surface area contributed by atoms with Crippen LogP contribution in [0.3, 0.4) is 0 Å². The molecule has 4 rings (SSSR count). The van der Waals surface area contributed by atoms with Gasteiger partial charge in [0.05, 0.1) is 11.1 Å². The van der Waals surface area contributed by atoms with Crippen molar-refractivity contribution in [2.24, 2.45) is 0 Å². The standard InChI is InChI=1S/C22H23N3O3/c1-16-5-4-6-17(15-16)20(26)24-12-9-23(10-13-24)11-14-25-21(27)18-7-2-3-8-19(18)22(25)28/h2-8,15H,9-14H2,1H3. The monoisotopic (exact) mass is 377 g/mol. The van der Waals surface area contributed by atoms with Crippen LogP contribution < -0.4 is 0 Å². The summed E-state index contributed by atoms with van der Waals surface area (Å²) in [6, 6.07) is 14.6. The van der Waals surface area contributed by atoms with Crippen LogP contribution in [-0.2, 0) is 0 Å². The fourth-order valence-electron chi connectivity index (χ4n) is 3.82. The molecule has 0 atom stereocenters. The number of fused-ring (bicyclic) bond motifs is 1. The van der Waals surface area contributed by atoms with Gasteiger partial charge in [-0.25, -0.2) is 0 Å². The van der Waals surface area contributed by atoms with Crippen LogP contribution in [0.2, 0.25) is 0 Å². The summed E-state index contributed by atoms with van der Waals surface area (Å²) in [6.45, 7) is 5.75. The molecule has 2 aliphatic rings. The van der Waals surface area contributed by atoms with Crippen molar-refractivity contribution in [2.75, 3.05) is 39.3 Å². The van der Waals surface area contributed by atoms with E-state index in [1.165, 1.54) is 4.90 Å². The van der Waals surface area contributed by atoms with E-state index in [1.54, 1.807) is 24.3 Å². The number of nitrogens with zero attached hydrogens (tertiary/aromatic N) is 3. The first-order chi connectivity index (χ1) is 13.5. The molecule has 6 heteroatoms. The summed E-state index contributed by atoms with van der Waals surface area (Å²) >= 11 is 0. The van der Waals surface area contributed by atoms with Gasteiger partial charge in [0, 0.05) is 44.8 Å². The molecule has 0 radical (unpaired) electrons. The third-order valence-electron chi connectivity index (χ3n) is 5.44. The Morgan fingerprint density at radius 3 is 2.11 bits per heavy atom. The molecule has 6 nitrogen and oxygen atoms in total. The summed E-state index contributed by atoms with van der Waals surface area (Å²) < 4.78 is 0. The number of benzene rings is 2. The van der Waals surface area contributed by atoms with E-state index in [-0.39, 0.29) is 17.7 Å². The van der Waals surface area contributed by atoms with Gasteiger partial charge >= 0.3 is 0 Å². The van der Waals surface area contributed by atoms with Crippen molar-refractivity contribution in [2.45, 2.75) is 6.92 Å². The molecular formula is C22H23N3O3. The lowest BCUT2D eigenvalue weighted by atomic mass is 10.1. The molecule has 0 spiro atoms. The minimum atomic E-state index is -0.214. The highest BCUT2D eigenvalue weighted by atomic mass is 16.2. The number of aryl methyl sites for hydroxylation is 1. The topological polar surface area (TPSA) is 60.9 Å². The predicted molar refractivity (Wildman–Crippen MR) is 105 cm³/mol. The Kier molecular flexibility index (Phi) is 4.96. The third-order valence-corrected chi connectivity index (χ3v) is 5.44. The summed E-state index contributed by atoms with van der Waals surface area (Å²) in [5.41, 5.74) is 2.77. The molecule has 2 aromatic carbocycles. The van der Waals surface area contributed by atoms with Crippen molar-refractivity contribution in [3.05, 3.63) is 70.8 Å². The molecule has 0 saturated carbocycles. The fraction of sp³-hybridized carbons (Fsp3) is 0.318. The highest BCUT2D eigenvalue weighted by Crippen LogP contribution is 2.22. The molecule has 2 heterocycles. The van der Waals surface area contributed by atoms with E-state index >= 15 is 0 Å². The van der Waals surface area contributed by atoms with Gasteiger partial charge in [0.25, 0.3) is 17.7 Å². The summed E-state index contributed by atoms with van der Waals surface area (Å²) in [7, 11) is 0. The van der Waals surface area contributed by atoms with Gasteiger partial charge in [-0.15, -0.1) is 0 Å². The number of carbonyl (C=O) groups is 3. The van der Waals surface area contributed by atoms with Gasteiger partial charge in [-0.1, -0.05) is 29.8 Å². The number of carbonyl (C=O) groups excluding carboxylic acids is 3. The number of piperazine rings is 1. The molecule has 144 valence electrons. The average Bonchev–Trinajstić information content (AvgIpc) is 2.97. The lowest BCUT2D eigenvalue weighted by Gasteiger charge is -2.35. The Bertz CT molecular complexity index is 897. The molecule has 2 aliphatic heterocycles. The van der Waals surface area contributed by atoms with Gasteiger partial charge in [0.2, 0.25) is 0 Å². The summed E-state index contributed by atoms with van der Waals surface area (Å²) in [5, 5.41) is 0. The van der Waals surface area contributed by atoms with Crippen molar-refractivity contribution in [3.63, 3.8) is 0 Å². The number of imide groups is 1. The van der Waals surface area contributed by atoms with Crippen molar-refractivity contribution in [1.29, 1.82) is 0 Å². The van der Waals surface area contributed by atoms with Crippen LogP contribution in [0.1, 0.15) is 36.6 Å².